The van der Waals surface area contributed by atoms with Gasteiger partial charge in [-0.2, -0.15) is 0 Å². The predicted molar refractivity (Wildman–Crippen MR) is 47.6 cm³/mol. The van der Waals surface area contributed by atoms with Gasteiger partial charge in [-0.1, -0.05) is 25.3 Å². The van der Waals surface area contributed by atoms with Crippen molar-refractivity contribution in [3.63, 3.8) is 0 Å². The number of rotatable bonds is 5. The minimum atomic E-state index is -4.17. The molecule has 0 radical (unpaired) electrons. The first-order valence-corrected chi connectivity index (χ1v) is 5.56. The first-order valence-electron chi connectivity index (χ1n) is 4.09. The van der Waals surface area contributed by atoms with Crippen LogP contribution in [0.25, 0.3) is 0 Å². The van der Waals surface area contributed by atoms with Crippen LogP contribution in [0.3, 0.4) is 0 Å². The standard InChI is InChI=1S/C8H16O3S.Na/c1-3-4-5-6-8(2)7-12(9,10)11;/h7H,3-6H2,1-2H3,(H,9,10,11);/q;+1/p-1. The number of hydrogen-bond acceptors (Lipinski definition) is 3. The molecule has 72 valence electrons. The van der Waals surface area contributed by atoms with Gasteiger partial charge in [0, 0.05) is 5.41 Å². The van der Waals surface area contributed by atoms with Gasteiger partial charge in [-0.05, 0) is 19.8 Å². The number of unbranched alkanes of at least 4 members (excludes halogenated alkanes) is 2. The van der Waals surface area contributed by atoms with Gasteiger partial charge in [-0.25, -0.2) is 8.42 Å². The summed E-state index contributed by atoms with van der Waals surface area (Å²) in [6, 6.07) is 0. The molecule has 13 heavy (non-hydrogen) atoms. The van der Waals surface area contributed by atoms with Gasteiger partial charge in [0.15, 0.2) is 0 Å². The summed E-state index contributed by atoms with van der Waals surface area (Å²) in [5.74, 6) is 0. The molecule has 0 aliphatic heterocycles. The molecule has 0 heterocycles. The van der Waals surface area contributed by atoms with Crippen molar-refractivity contribution >= 4 is 10.1 Å². The van der Waals surface area contributed by atoms with E-state index in [1.54, 1.807) is 6.92 Å². The maximum absolute atomic E-state index is 10.2. The van der Waals surface area contributed by atoms with E-state index in [-0.39, 0.29) is 29.6 Å². The van der Waals surface area contributed by atoms with Crippen molar-refractivity contribution in [2.24, 2.45) is 0 Å². The second kappa shape index (κ2) is 8.00. The Hall–Kier alpha value is 0.650. The molecule has 3 nitrogen and oxygen atoms in total. The van der Waals surface area contributed by atoms with Gasteiger partial charge in [0.2, 0.25) is 0 Å². The van der Waals surface area contributed by atoms with Gasteiger partial charge >= 0.3 is 29.6 Å². The van der Waals surface area contributed by atoms with Gasteiger partial charge in [0.05, 0.1) is 0 Å². The predicted octanol–water partition coefficient (Wildman–Crippen LogP) is -0.980. The molecule has 0 fully saturated rings. The van der Waals surface area contributed by atoms with Crippen LogP contribution in [0.1, 0.15) is 39.5 Å². The Morgan fingerprint density at radius 2 is 1.92 bits per heavy atom. The molecular formula is C8H15NaO3S. The summed E-state index contributed by atoms with van der Waals surface area (Å²) >= 11 is 0. The molecule has 0 aliphatic carbocycles. The summed E-state index contributed by atoms with van der Waals surface area (Å²) in [5, 5.41) is 0.808. The summed E-state index contributed by atoms with van der Waals surface area (Å²) in [6.07, 6.45) is 3.82. The maximum atomic E-state index is 10.2. The van der Waals surface area contributed by atoms with Crippen LogP contribution >= 0.6 is 0 Å². The van der Waals surface area contributed by atoms with E-state index < -0.39 is 10.1 Å². The van der Waals surface area contributed by atoms with E-state index in [1.807, 2.05) is 0 Å². The summed E-state index contributed by atoms with van der Waals surface area (Å²) in [4.78, 5) is 0. The quantitative estimate of drug-likeness (QED) is 0.336. The first-order chi connectivity index (χ1) is 5.45. The molecule has 0 saturated carbocycles. The fraction of sp³-hybridized carbons (Fsp3) is 0.750. The molecule has 0 saturated heterocycles. The molecule has 0 amide bonds. The molecule has 0 aromatic heterocycles. The van der Waals surface area contributed by atoms with E-state index in [1.165, 1.54) is 0 Å². The average molecular weight is 214 g/mol. The smallest absolute Gasteiger partial charge is 0.744 e. The van der Waals surface area contributed by atoms with E-state index in [9.17, 15) is 13.0 Å². The third-order valence-corrected chi connectivity index (χ3v) is 2.21. The Labute approximate surface area is 103 Å². The van der Waals surface area contributed by atoms with E-state index in [0.717, 1.165) is 24.7 Å². The average Bonchev–Trinajstić information content (AvgIpc) is 1.84. The summed E-state index contributed by atoms with van der Waals surface area (Å²) in [5.41, 5.74) is 0.651. The Morgan fingerprint density at radius 1 is 1.38 bits per heavy atom. The van der Waals surface area contributed by atoms with E-state index in [2.05, 4.69) is 6.92 Å². The van der Waals surface area contributed by atoms with Crippen LogP contribution in [0, 0.1) is 0 Å². The van der Waals surface area contributed by atoms with Crippen molar-refractivity contribution in [2.45, 2.75) is 39.5 Å². The van der Waals surface area contributed by atoms with Crippen molar-refractivity contribution in [1.29, 1.82) is 0 Å². The summed E-state index contributed by atoms with van der Waals surface area (Å²) in [7, 11) is -4.17. The maximum Gasteiger partial charge on any atom is 1.00 e. The third-order valence-electron chi connectivity index (χ3n) is 1.52. The zero-order chi connectivity index (χ0) is 9.61. The van der Waals surface area contributed by atoms with Crippen LogP contribution in [0.15, 0.2) is 11.0 Å². The number of allylic oxidation sites excluding steroid dienone is 1. The van der Waals surface area contributed by atoms with E-state index in [4.69, 9.17) is 0 Å². The van der Waals surface area contributed by atoms with Gasteiger partial charge in [0.25, 0.3) is 0 Å². The Morgan fingerprint density at radius 3 is 2.31 bits per heavy atom. The van der Waals surface area contributed by atoms with E-state index >= 15 is 0 Å². The van der Waals surface area contributed by atoms with Crippen molar-refractivity contribution in [3.05, 3.63) is 11.0 Å². The van der Waals surface area contributed by atoms with Crippen LogP contribution in [-0.2, 0) is 10.1 Å². The molecular weight excluding hydrogens is 199 g/mol. The van der Waals surface area contributed by atoms with Crippen LogP contribution < -0.4 is 29.6 Å². The van der Waals surface area contributed by atoms with Gasteiger partial charge in [-0.3, -0.25) is 0 Å². The monoisotopic (exact) mass is 214 g/mol. The van der Waals surface area contributed by atoms with Crippen molar-refractivity contribution in [2.75, 3.05) is 0 Å². The topological polar surface area (TPSA) is 57.2 Å². The Bertz CT molecular complexity index is 244. The van der Waals surface area contributed by atoms with Gasteiger partial charge in [0.1, 0.15) is 10.1 Å². The second-order valence-electron chi connectivity index (χ2n) is 2.91. The Kier molecular flexibility index (Phi) is 9.90. The van der Waals surface area contributed by atoms with Crippen LogP contribution in [0.4, 0.5) is 0 Å². The van der Waals surface area contributed by atoms with Gasteiger partial charge in [-0.15, -0.1) is 0 Å². The van der Waals surface area contributed by atoms with Crippen LogP contribution in [0.5, 0.6) is 0 Å². The molecule has 0 rings (SSSR count). The Balaban J connectivity index is 0. The molecule has 0 aromatic carbocycles. The SMILES string of the molecule is CCCCCC(C)=CS(=O)(=O)[O-].[Na+]. The first kappa shape index (κ1) is 16.1. The zero-order valence-corrected chi connectivity index (χ0v) is 11.4. The normalized spacial score (nSPS) is 12.4. The fourth-order valence-electron chi connectivity index (χ4n) is 0.959. The van der Waals surface area contributed by atoms with Crippen LogP contribution in [0.2, 0.25) is 0 Å². The molecule has 0 aromatic rings. The van der Waals surface area contributed by atoms with E-state index in [0.29, 0.717) is 12.0 Å². The number of hydrogen-bond donors (Lipinski definition) is 0. The fourth-order valence-corrected chi connectivity index (χ4v) is 1.57. The van der Waals surface area contributed by atoms with Gasteiger partial charge < -0.3 is 4.55 Å². The minimum absolute atomic E-state index is 0. The van der Waals surface area contributed by atoms with Crippen molar-refractivity contribution < 1.29 is 42.5 Å². The molecule has 0 bridgehead atoms. The zero-order valence-electron chi connectivity index (χ0n) is 8.54. The third kappa shape index (κ3) is 12.6. The molecule has 0 N–H and O–H groups in total. The minimum Gasteiger partial charge on any atom is -0.744 e. The molecule has 0 atom stereocenters. The molecule has 5 heteroatoms. The van der Waals surface area contributed by atoms with Crippen molar-refractivity contribution in [3.8, 4) is 0 Å². The summed E-state index contributed by atoms with van der Waals surface area (Å²) in [6.45, 7) is 3.74. The van der Waals surface area contributed by atoms with Crippen LogP contribution in [-0.4, -0.2) is 13.0 Å². The largest absolute Gasteiger partial charge is 1.00 e. The molecule has 0 spiro atoms. The molecule has 0 unspecified atom stereocenters. The van der Waals surface area contributed by atoms with Crippen molar-refractivity contribution in [1.82, 2.24) is 0 Å². The molecule has 0 aliphatic rings. The second-order valence-corrected chi connectivity index (χ2v) is 4.14. The summed E-state index contributed by atoms with van der Waals surface area (Å²) < 4.78 is 30.7.